The molecule has 0 atom stereocenters. The number of carbonyl (C=O) groups excluding carboxylic acids is 1. The van der Waals surface area contributed by atoms with Crippen molar-refractivity contribution in [1.29, 1.82) is 0 Å². The molecule has 2 heterocycles. The standard InChI is InChI=1S/C16H13NO2S3/c1-2-17-15(18)13(22-16(17)20)10-11-8-9-14(19-11)21-12-6-4-3-5-7-12/h3-10H,2H2,1H3/b13-10-. The maximum absolute atomic E-state index is 12.2. The molecule has 1 fully saturated rings. The molecule has 0 radical (unpaired) electrons. The Kier molecular flexibility index (Phi) is 4.71. The van der Waals surface area contributed by atoms with Crippen molar-refractivity contribution in [2.45, 2.75) is 16.9 Å². The van der Waals surface area contributed by atoms with Crippen molar-refractivity contribution in [2.24, 2.45) is 0 Å². The molecule has 1 aliphatic rings. The van der Waals surface area contributed by atoms with Crippen molar-refractivity contribution < 1.29 is 9.21 Å². The zero-order chi connectivity index (χ0) is 15.5. The monoisotopic (exact) mass is 347 g/mol. The van der Waals surface area contributed by atoms with E-state index in [2.05, 4.69) is 0 Å². The van der Waals surface area contributed by atoms with Gasteiger partial charge in [0.25, 0.3) is 5.91 Å². The van der Waals surface area contributed by atoms with Crippen molar-refractivity contribution in [1.82, 2.24) is 4.90 Å². The van der Waals surface area contributed by atoms with Crippen LogP contribution in [0.5, 0.6) is 0 Å². The SMILES string of the molecule is CCN1C(=O)/C(=C/c2ccc(Sc3ccccc3)o2)SC1=S. The van der Waals surface area contributed by atoms with Crippen molar-refractivity contribution in [3.8, 4) is 0 Å². The first-order chi connectivity index (χ1) is 10.7. The predicted molar refractivity (Wildman–Crippen MR) is 94.8 cm³/mol. The van der Waals surface area contributed by atoms with E-state index in [9.17, 15) is 4.79 Å². The minimum absolute atomic E-state index is 0.0498. The molecular weight excluding hydrogens is 334 g/mol. The minimum Gasteiger partial charge on any atom is -0.450 e. The van der Waals surface area contributed by atoms with Gasteiger partial charge in [-0.3, -0.25) is 9.69 Å². The Morgan fingerprint density at radius 1 is 1.27 bits per heavy atom. The van der Waals surface area contributed by atoms with Crippen molar-refractivity contribution in [2.75, 3.05) is 6.54 Å². The molecule has 6 heteroatoms. The van der Waals surface area contributed by atoms with Crippen LogP contribution in [0.25, 0.3) is 6.08 Å². The Bertz CT molecular complexity index is 737. The molecule has 0 aliphatic carbocycles. The fourth-order valence-electron chi connectivity index (χ4n) is 1.97. The Morgan fingerprint density at radius 2 is 2.05 bits per heavy atom. The molecule has 0 N–H and O–H groups in total. The highest BCUT2D eigenvalue weighted by molar-refractivity contribution is 8.26. The van der Waals surface area contributed by atoms with E-state index in [1.807, 2.05) is 49.4 Å². The van der Waals surface area contributed by atoms with Crippen LogP contribution >= 0.6 is 35.7 Å². The van der Waals surface area contributed by atoms with E-state index in [1.54, 1.807) is 22.7 Å². The number of carbonyl (C=O) groups is 1. The second kappa shape index (κ2) is 6.73. The maximum atomic E-state index is 12.2. The highest BCUT2D eigenvalue weighted by Gasteiger charge is 2.30. The van der Waals surface area contributed by atoms with E-state index >= 15 is 0 Å². The Morgan fingerprint density at radius 3 is 2.73 bits per heavy atom. The quantitative estimate of drug-likeness (QED) is 0.594. The first kappa shape index (κ1) is 15.4. The van der Waals surface area contributed by atoms with Gasteiger partial charge in [0.1, 0.15) is 10.1 Å². The van der Waals surface area contributed by atoms with Gasteiger partial charge in [0.2, 0.25) is 0 Å². The van der Waals surface area contributed by atoms with Crippen LogP contribution < -0.4 is 0 Å². The van der Waals surface area contributed by atoms with Gasteiger partial charge in [-0.1, -0.05) is 53.9 Å². The van der Waals surface area contributed by atoms with Crippen molar-refractivity contribution >= 4 is 52.0 Å². The van der Waals surface area contributed by atoms with Crippen LogP contribution in [0.1, 0.15) is 12.7 Å². The van der Waals surface area contributed by atoms with Crippen LogP contribution in [-0.4, -0.2) is 21.7 Å². The Hall–Kier alpha value is -1.50. The van der Waals surface area contributed by atoms with E-state index in [0.29, 0.717) is 21.5 Å². The van der Waals surface area contributed by atoms with Crippen LogP contribution in [0.4, 0.5) is 0 Å². The number of furan rings is 1. The first-order valence-corrected chi connectivity index (χ1v) is 8.79. The molecule has 0 unspecified atom stereocenters. The summed E-state index contributed by atoms with van der Waals surface area (Å²) < 4.78 is 6.36. The summed E-state index contributed by atoms with van der Waals surface area (Å²) in [5, 5.41) is 0.795. The molecule has 112 valence electrons. The number of likely N-dealkylation sites (N-methyl/N-ethyl adjacent to an activating group) is 1. The third kappa shape index (κ3) is 3.29. The van der Waals surface area contributed by atoms with Crippen LogP contribution in [0.3, 0.4) is 0 Å². The molecule has 1 amide bonds. The number of hydrogen-bond donors (Lipinski definition) is 0. The number of benzene rings is 1. The lowest BCUT2D eigenvalue weighted by Gasteiger charge is -2.09. The fraction of sp³-hybridized carbons (Fsp3) is 0.125. The summed E-state index contributed by atoms with van der Waals surface area (Å²) in [5.74, 6) is 0.612. The van der Waals surface area contributed by atoms with Gasteiger partial charge in [-0.2, -0.15) is 0 Å². The second-order valence-electron chi connectivity index (χ2n) is 4.50. The summed E-state index contributed by atoms with van der Waals surface area (Å²) >= 11 is 8.06. The summed E-state index contributed by atoms with van der Waals surface area (Å²) in [6, 6.07) is 13.8. The van der Waals surface area contributed by atoms with E-state index in [1.165, 1.54) is 11.8 Å². The van der Waals surface area contributed by atoms with Gasteiger partial charge >= 0.3 is 0 Å². The second-order valence-corrected chi connectivity index (χ2v) is 7.25. The lowest BCUT2D eigenvalue weighted by atomic mass is 10.3. The number of hydrogen-bond acceptors (Lipinski definition) is 5. The zero-order valence-corrected chi connectivity index (χ0v) is 14.3. The zero-order valence-electron chi connectivity index (χ0n) is 11.8. The molecule has 0 saturated carbocycles. The maximum Gasteiger partial charge on any atom is 0.266 e. The molecule has 1 aromatic carbocycles. The van der Waals surface area contributed by atoms with Crippen LogP contribution in [0.2, 0.25) is 0 Å². The van der Waals surface area contributed by atoms with Crippen LogP contribution in [-0.2, 0) is 4.79 Å². The van der Waals surface area contributed by atoms with Gasteiger partial charge in [-0.05, 0) is 31.2 Å². The lowest BCUT2D eigenvalue weighted by Crippen LogP contribution is -2.27. The predicted octanol–water partition coefficient (Wildman–Crippen LogP) is 4.65. The van der Waals surface area contributed by atoms with Crippen LogP contribution in [0.15, 0.2) is 61.8 Å². The molecule has 1 saturated heterocycles. The first-order valence-electron chi connectivity index (χ1n) is 6.75. The molecule has 1 aliphatic heterocycles. The average molecular weight is 347 g/mol. The highest BCUT2D eigenvalue weighted by atomic mass is 32.2. The number of rotatable bonds is 4. The van der Waals surface area contributed by atoms with Gasteiger partial charge in [0, 0.05) is 17.5 Å². The summed E-state index contributed by atoms with van der Waals surface area (Å²) in [5.41, 5.74) is 0. The number of thioether (sulfide) groups is 1. The van der Waals surface area contributed by atoms with Gasteiger partial charge < -0.3 is 4.42 Å². The molecule has 3 nitrogen and oxygen atoms in total. The molecular formula is C16H13NO2S3. The summed E-state index contributed by atoms with van der Waals surface area (Å²) in [4.78, 5) is 15.5. The van der Waals surface area contributed by atoms with Gasteiger partial charge in [0.05, 0.1) is 4.91 Å². The fourth-order valence-corrected chi connectivity index (χ4v) is 4.14. The Labute approximate surface area is 142 Å². The summed E-state index contributed by atoms with van der Waals surface area (Å²) in [7, 11) is 0. The topological polar surface area (TPSA) is 33.5 Å². The van der Waals surface area contributed by atoms with E-state index < -0.39 is 0 Å². The number of thiocarbonyl (C=S) groups is 1. The van der Waals surface area contributed by atoms with E-state index in [4.69, 9.17) is 16.6 Å². The van der Waals surface area contributed by atoms with E-state index in [0.717, 1.165) is 9.99 Å². The Balaban J connectivity index is 1.76. The molecule has 3 rings (SSSR count). The third-order valence-electron chi connectivity index (χ3n) is 3.03. The molecule has 22 heavy (non-hydrogen) atoms. The van der Waals surface area contributed by atoms with Crippen LogP contribution in [0, 0.1) is 0 Å². The normalized spacial score (nSPS) is 16.8. The van der Waals surface area contributed by atoms with Crippen molar-refractivity contribution in [3.05, 3.63) is 53.1 Å². The van der Waals surface area contributed by atoms with Crippen molar-refractivity contribution in [3.63, 3.8) is 0 Å². The number of amides is 1. The lowest BCUT2D eigenvalue weighted by molar-refractivity contribution is -0.121. The summed E-state index contributed by atoms with van der Waals surface area (Å²) in [6.45, 7) is 2.50. The molecule has 1 aromatic heterocycles. The van der Waals surface area contributed by atoms with Gasteiger partial charge in [-0.25, -0.2) is 0 Å². The minimum atomic E-state index is -0.0498. The largest absolute Gasteiger partial charge is 0.450 e. The smallest absolute Gasteiger partial charge is 0.266 e. The summed E-state index contributed by atoms with van der Waals surface area (Å²) in [6.07, 6.45) is 1.75. The van der Waals surface area contributed by atoms with Gasteiger partial charge in [-0.15, -0.1) is 0 Å². The van der Waals surface area contributed by atoms with E-state index in [-0.39, 0.29) is 5.91 Å². The number of nitrogens with zero attached hydrogens (tertiary/aromatic N) is 1. The third-order valence-corrected chi connectivity index (χ3v) is 5.33. The molecule has 0 spiro atoms. The highest BCUT2D eigenvalue weighted by Crippen LogP contribution is 2.34. The van der Waals surface area contributed by atoms with Gasteiger partial charge in [0.15, 0.2) is 5.09 Å². The molecule has 2 aromatic rings. The average Bonchev–Trinajstić information content (AvgIpc) is 3.05. The molecule has 0 bridgehead atoms.